The van der Waals surface area contributed by atoms with Gasteiger partial charge in [0.2, 0.25) is 0 Å². The summed E-state index contributed by atoms with van der Waals surface area (Å²) in [4.78, 5) is 2.48. The summed E-state index contributed by atoms with van der Waals surface area (Å²) in [5, 5.41) is 0. The highest BCUT2D eigenvalue weighted by Crippen LogP contribution is 2.30. The summed E-state index contributed by atoms with van der Waals surface area (Å²) in [5.41, 5.74) is 5.84. The van der Waals surface area contributed by atoms with Gasteiger partial charge >= 0.3 is 0 Å². The third-order valence-electron chi connectivity index (χ3n) is 4.00. The predicted octanol–water partition coefficient (Wildman–Crippen LogP) is 3.02. The molecule has 2 rings (SSSR count). The number of hydrogen-bond donors (Lipinski definition) is 1. The minimum absolute atomic E-state index is 0.336. The minimum Gasteiger partial charge on any atom is -0.453 e. The molecule has 1 aromatic rings. The van der Waals surface area contributed by atoms with Gasteiger partial charge in [-0.3, -0.25) is 4.90 Å². The molecule has 4 heteroatoms. The summed E-state index contributed by atoms with van der Waals surface area (Å²) in [6, 6.07) is 4.34. The maximum Gasteiger partial charge on any atom is 0.169 e. The summed E-state index contributed by atoms with van der Waals surface area (Å²) in [6.45, 7) is 7.51. The van der Waals surface area contributed by atoms with Crippen LogP contribution in [-0.2, 0) is 0 Å². The first-order chi connectivity index (χ1) is 8.11. The Kier molecular flexibility index (Phi) is 4.28. The van der Waals surface area contributed by atoms with E-state index in [9.17, 15) is 0 Å². The number of rotatable bonds is 3. The van der Waals surface area contributed by atoms with Crippen molar-refractivity contribution in [3.05, 3.63) is 22.6 Å². The van der Waals surface area contributed by atoms with E-state index in [-0.39, 0.29) is 0 Å². The van der Waals surface area contributed by atoms with Crippen molar-refractivity contribution < 1.29 is 4.42 Å². The fraction of sp³-hybridized carbons (Fsp3) is 0.692. The number of furan rings is 1. The molecule has 0 saturated carbocycles. The zero-order valence-corrected chi connectivity index (χ0v) is 12.1. The summed E-state index contributed by atoms with van der Waals surface area (Å²) < 4.78 is 6.44. The van der Waals surface area contributed by atoms with Gasteiger partial charge < -0.3 is 10.2 Å². The standard InChI is InChI=1S/C13H21BrN2O/c1-9-5-6-16(8-11(9)7-15)10(2)12-3-4-13(14)17-12/h3-4,9-11H,5-8,15H2,1-2H3. The van der Waals surface area contributed by atoms with Gasteiger partial charge in [0, 0.05) is 6.54 Å². The monoisotopic (exact) mass is 300 g/mol. The average molecular weight is 301 g/mol. The molecule has 17 heavy (non-hydrogen) atoms. The Bertz CT molecular complexity index is 366. The molecule has 0 aromatic carbocycles. The van der Waals surface area contributed by atoms with Gasteiger partial charge in [0.15, 0.2) is 4.67 Å². The maximum atomic E-state index is 5.84. The van der Waals surface area contributed by atoms with Crippen molar-refractivity contribution >= 4 is 15.9 Å². The number of nitrogens with two attached hydrogens (primary N) is 1. The molecule has 1 aliphatic heterocycles. The molecule has 0 radical (unpaired) electrons. The van der Waals surface area contributed by atoms with E-state index in [1.807, 2.05) is 12.1 Å². The first-order valence-electron chi connectivity index (χ1n) is 6.31. The highest BCUT2D eigenvalue weighted by Gasteiger charge is 2.29. The highest BCUT2D eigenvalue weighted by molar-refractivity contribution is 9.10. The van der Waals surface area contributed by atoms with Crippen molar-refractivity contribution in [3.63, 3.8) is 0 Å². The zero-order chi connectivity index (χ0) is 12.4. The van der Waals surface area contributed by atoms with E-state index in [4.69, 9.17) is 10.2 Å². The van der Waals surface area contributed by atoms with Crippen LogP contribution in [0.4, 0.5) is 0 Å². The summed E-state index contributed by atoms with van der Waals surface area (Å²) >= 11 is 3.35. The topological polar surface area (TPSA) is 42.4 Å². The van der Waals surface area contributed by atoms with Gasteiger partial charge in [-0.15, -0.1) is 0 Å². The first kappa shape index (κ1) is 13.1. The average Bonchev–Trinajstić information content (AvgIpc) is 2.75. The molecule has 0 spiro atoms. The number of likely N-dealkylation sites (tertiary alicyclic amines) is 1. The fourth-order valence-corrected chi connectivity index (χ4v) is 2.89. The Hall–Kier alpha value is -0.320. The van der Waals surface area contributed by atoms with Gasteiger partial charge in [0.1, 0.15) is 5.76 Å². The molecule has 1 fully saturated rings. The van der Waals surface area contributed by atoms with Crippen LogP contribution in [0.2, 0.25) is 0 Å². The first-order valence-corrected chi connectivity index (χ1v) is 7.10. The minimum atomic E-state index is 0.336. The van der Waals surface area contributed by atoms with Gasteiger partial charge in [-0.1, -0.05) is 6.92 Å². The maximum absolute atomic E-state index is 5.84. The molecule has 3 atom stereocenters. The van der Waals surface area contributed by atoms with Gasteiger partial charge in [-0.2, -0.15) is 0 Å². The Morgan fingerprint density at radius 1 is 1.59 bits per heavy atom. The lowest BCUT2D eigenvalue weighted by molar-refractivity contribution is 0.0880. The molecule has 1 saturated heterocycles. The van der Waals surface area contributed by atoms with Crippen LogP contribution in [0.25, 0.3) is 0 Å². The lowest BCUT2D eigenvalue weighted by Crippen LogP contribution is -2.43. The van der Waals surface area contributed by atoms with E-state index in [1.165, 1.54) is 6.42 Å². The van der Waals surface area contributed by atoms with E-state index in [0.717, 1.165) is 36.0 Å². The van der Waals surface area contributed by atoms with E-state index in [2.05, 4.69) is 34.7 Å². The van der Waals surface area contributed by atoms with E-state index < -0.39 is 0 Å². The molecule has 2 N–H and O–H groups in total. The van der Waals surface area contributed by atoms with E-state index in [0.29, 0.717) is 12.0 Å². The number of piperidine rings is 1. The van der Waals surface area contributed by atoms with Crippen LogP contribution in [0.15, 0.2) is 21.2 Å². The second-order valence-corrected chi connectivity index (χ2v) is 5.86. The zero-order valence-electron chi connectivity index (χ0n) is 10.5. The molecular weight excluding hydrogens is 280 g/mol. The molecular formula is C13H21BrN2O. The lowest BCUT2D eigenvalue weighted by atomic mass is 9.86. The number of nitrogens with zero attached hydrogens (tertiary/aromatic N) is 1. The van der Waals surface area contributed by atoms with Gasteiger partial charge in [-0.25, -0.2) is 0 Å². The van der Waals surface area contributed by atoms with Crippen LogP contribution in [0.1, 0.15) is 32.1 Å². The molecule has 3 unspecified atom stereocenters. The SMILES string of the molecule is CC1CCN(C(C)c2ccc(Br)o2)CC1CN. The molecule has 1 aliphatic rings. The third-order valence-corrected chi connectivity index (χ3v) is 4.43. The van der Waals surface area contributed by atoms with E-state index in [1.54, 1.807) is 0 Å². The molecule has 96 valence electrons. The van der Waals surface area contributed by atoms with Crippen molar-refractivity contribution in [3.8, 4) is 0 Å². The van der Waals surface area contributed by atoms with Crippen LogP contribution in [0, 0.1) is 11.8 Å². The Morgan fingerprint density at radius 2 is 2.35 bits per heavy atom. The Balaban J connectivity index is 2.03. The molecule has 0 bridgehead atoms. The van der Waals surface area contributed by atoms with Gasteiger partial charge in [0.05, 0.1) is 6.04 Å². The van der Waals surface area contributed by atoms with Crippen LogP contribution in [0.5, 0.6) is 0 Å². The quantitative estimate of drug-likeness (QED) is 0.933. The third kappa shape index (κ3) is 2.92. The number of hydrogen-bond acceptors (Lipinski definition) is 3. The van der Waals surface area contributed by atoms with Crippen LogP contribution in [0.3, 0.4) is 0 Å². The van der Waals surface area contributed by atoms with Gasteiger partial charge in [0.25, 0.3) is 0 Å². The normalized spacial score (nSPS) is 28.2. The second kappa shape index (κ2) is 5.55. The van der Waals surface area contributed by atoms with Crippen molar-refractivity contribution in [2.24, 2.45) is 17.6 Å². The molecule has 3 nitrogen and oxygen atoms in total. The van der Waals surface area contributed by atoms with Crippen LogP contribution < -0.4 is 5.73 Å². The van der Waals surface area contributed by atoms with Crippen molar-refractivity contribution in [1.29, 1.82) is 0 Å². The largest absolute Gasteiger partial charge is 0.453 e. The Labute approximate surface area is 111 Å². The van der Waals surface area contributed by atoms with Crippen molar-refractivity contribution in [1.82, 2.24) is 4.90 Å². The molecule has 1 aromatic heterocycles. The van der Waals surface area contributed by atoms with E-state index >= 15 is 0 Å². The highest BCUT2D eigenvalue weighted by atomic mass is 79.9. The second-order valence-electron chi connectivity index (χ2n) is 5.07. The Morgan fingerprint density at radius 3 is 2.94 bits per heavy atom. The van der Waals surface area contributed by atoms with Crippen molar-refractivity contribution in [2.45, 2.75) is 26.3 Å². The summed E-state index contributed by atoms with van der Waals surface area (Å²) in [7, 11) is 0. The summed E-state index contributed by atoms with van der Waals surface area (Å²) in [6.07, 6.45) is 1.23. The lowest BCUT2D eigenvalue weighted by Gasteiger charge is -2.39. The molecule has 2 heterocycles. The molecule has 0 aliphatic carbocycles. The van der Waals surface area contributed by atoms with Gasteiger partial charge in [-0.05, 0) is 66.3 Å². The summed E-state index contributed by atoms with van der Waals surface area (Å²) in [5.74, 6) is 2.39. The van der Waals surface area contributed by atoms with Crippen molar-refractivity contribution in [2.75, 3.05) is 19.6 Å². The fourth-order valence-electron chi connectivity index (χ4n) is 2.57. The van der Waals surface area contributed by atoms with Crippen LogP contribution >= 0.6 is 15.9 Å². The smallest absolute Gasteiger partial charge is 0.169 e. The molecule has 0 amide bonds. The van der Waals surface area contributed by atoms with Crippen LogP contribution in [-0.4, -0.2) is 24.5 Å². The predicted molar refractivity (Wildman–Crippen MR) is 72.7 cm³/mol. The number of halogens is 1.